The van der Waals surface area contributed by atoms with Crippen molar-refractivity contribution in [2.45, 2.75) is 49.4 Å². The van der Waals surface area contributed by atoms with Crippen molar-refractivity contribution in [3.63, 3.8) is 0 Å². The molecule has 122 valence electrons. The van der Waals surface area contributed by atoms with Crippen LogP contribution in [-0.4, -0.2) is 48.2 Å². The van der Waals surface area contributed by atoms with Gasteiger partial charge in [0.25, 0.3) is 0 Å². The quantitative estimate of drug-likeness (QED) is 0.665. The summed E-state index contributed by atoms with van der Waals surface area (Å²) in [5.41, 5.74) is 0. The third-order valence-corrected chi connectivity index (χ3v) is 5.02. The van der Waals surface area contributed by atoms with Crippen molar-refractivity contribution in [3.05, 3.63) is 0 Å². The van der Waals surface area contributed by atoms with Crippen LogP contribution in [0.1, 0.15) is 12.8 Å². The molecule has 2 saturated carbocycles. The van der Waals surface area contributed by atoms with Gasteiger partial charge in [0.05, 0.1) is 12.1 Å². The molecule has 6 atom stereocenters. The SMILES string of the molecule is FC(F)(F)C1=N[C@@H]2C[C@@H]3N=C(C(F)(F)F)N[C@@H]4C[C@H](N1)[C@H]2[C@H]34. The van der Waals surface area contributed by atoms with Gasteiger partial charge in [-0.3, -0.25) is 9.98 Å². The number of nitrogens with zero attached hydrogens (tertiary/aromatic N) is 2. The Balaban J connectivity index is 1.68. The average Bonchev–Trinajstić information content (AvgIpc) is 2.92. The number of rotatable bonds is 0. The van der Waals surface area contributed by atoms with Gasteiger partial charge in [0.15, 0.2) is 0 Å². The molecule has 2 fully saturated rings. The predicted molar refractivity (Wildman–Crippen MR) is 64.6 cm³/mol. The minimum Gasteiger partial charge on any atom is -0.363 e. The molecule has 10 heteroatoms. The maximum absolute atomic E-state index is 12.8. The molecule has 0 amide bonds. The summed E-state index contributed by atoms with van der Waals surface area (Å²) >= 11 is 0. The highest BCUT2D eigenvalue weighted by atomic mass is 19.4. The molecule has 22 heavy (non-hydrogen) atoms. The number of aliphatic imine (C=N–C) groups is 2. The first-order valence-corrected chi connectivity index (χ1v) is 6.97. The number of amidine groups is 2. The van der Waals surface area contributed by atoms with Crippen LogP contribution in [0.25, 0.3) is 0 Å². The van der Waals surface area contributed by atoms with E-state index in [4.69, 9.17) is 0 Å². The van der Waals surface area contributed by atoms with Crippen molar-refractivity contribution in [2.24, 2.45) is 21.8 Å². The molecule has 2 aliphatic carbocycles. The summed E-state index contributed by atoms with van der Waals surface area (Å²) in [6.07, 6.45) is -8.76. The molecule has 0 unspecified atom stereocenters. The van der Waals surface area contributed by atoms with Crippen LogP contribution in [0.15, 0.2) is 9.98 Å². The Labute approximate surface area is 121 Å². The minimum atomic E-state index is -4.56. The van der Waals surface area contributed by atoms with Gasteiger partial charge in [-0.15, -0.1) is 0 Å². The first-order valence-electron chi connectivity index (χ1n) is 6.97. The van der Waals surface area contributed by atoms with Gasteiger partial charge in [-0.1, -0.05) is 0 Å². The highest BCUT2D eigenvalue weighted by Gasteiger charge is 2.61. The van der Waals surface area contributed by atoms with Crippen LogP contribution in [0.4, 0.5) is 26.3 Å². The molecule has 2 heterocycles. The lowest BCUT2D eigenvalue weighted by Gasteiger charge is -2.32. The van der Waals surface area contributed by atoms with E-state index in [0.717, 1.165) is 0 Å². The van der Waals surface area contributed by atoms with Crippen LogP contribution in [0.3, 0.4) is 0 Å². The number of halogens is 6. The first-order chi connectivity index (χ1) is 10.1. The normalized spacial score (nSPS) is 43.0. The molecule has 0 aromatic carbocycles. The maximum Gasteiger partial charge on any atom is 0.448 e. The zero-order valence-electron chi connectivity index (χ0n) is 11.0. The van der Waals surface area contributed by atoms with E-state index in [-0.39, 0.29) is 24.7 Å². The van der Waals surface area contributed by atoms with E-state index in [0.29, 0.717) is 0 Å². The summed E-state index contributed by atoms with van der Waals surface area (Å²) in [5, 5.41) is 4.75. The largest absolute Gasteiger partial charge is 0.448 e. The molecule has 2 aliphatic heterocycles. The van der Waals surface area contributed by atoms with Crippen LogP contribution < -0.4 is 10.6 Å². The molecule has 0 bridgehead atoms. The molecule has 0 aromatic rings. The smallest absolute Gasteiger partial charge is 0.363 e. The van der Waals surface area contributed by atoms with Crippen molar-refractivity contribution in [1.82, 2.24) is 10.6 Å². The molecule has 4 nitrogen and oxygen atoms in total. The first kappa shape index (κ1) is 14.1. The highest BCUT2D eigenvalue weighted by molar-refractivity contribution is 5.90. The Kier molecular flexibility index (Phi) is 2.62. The summed E-state index contributed by atoms with van der Waals surface area (Å²) in [5.74, 6) is -2.40. The van der Waals surface area contributed by atoms with Crippen molar-refractivity contribution >= 4 is 11.7 Å². The summed E-state index contributed by atoms with van der Waals surface area (Å²) < 4.78 is 77.1. The molecule has 4 rings (SSSR count). The number of nitrogens with one attached hydrogen (secondary N) is 2. The van der Waals surface area contributed by atoms with Crippen LogP contribution in [0.2, 0.25) is 0 Å². The van der Waals surface area contributed by atoms with Crippen LogP contribution in [0, 0.1) is 11.8 Å². The fourth-order valence-corrected chi connectivity index (χ4v) is 4.39. The molecule has 0 aromatic heterocycles. The molecule has 0 saturated heterocycles. The lowest BCUT2D eigenvalue weighted by Crippen LogP contribution is -2.51. The Morgan fingerprint density at radius 3 is 1.50 bits per heavy atom. The number of hydrogen-bond acceptors (Lipinski definition) is 4. The molecule has 4 aliphatic rings. The molecular weight excluding hydrogens is 314 g/mol. The molecular formula is C12H12F6N4. The second-order valence-corrected chi connectivity index (χ2v) is 6.21. The van der Waals surface area contributed by atoms with Gasteiger partial charge < -0.3 is 10.6 Å². The van der Waals surface area contributed by atoms with Crippen molar-refractivity contribution in [3.8, 4) is 0 Å². The maximum atomic E-state index is 12.8. The van der Waals surface area contributed by atoms with Crippen LogP contribution in [0.5, 0.6) is 0 Å². The van der Waals surface area contributed by atoms with Gasteiger partial charge in [-0.25, -0.2) is 0 Å². The topological polar surface area (TPSA) is 48.8 Å². The standard InChI is InChI=1S/C12H12F6N4/c13-11(14,15)9-19-3-1-4-8-6(2-5(21-9)7(3)8)22-10(20-4)12(16,17)18/h3-8H,1-2H2,(H,19,21)(H,20,22)/t3-,4+,5+,6-,7+,8-. The zero-order valence-corrected chi connectivity index (χ0v) is 11.0. The molecule has 0 radical (unpaired) electrons. The minimum absolute atomic E-state index is 0.144. The Morgan fingerprint density at radius 2 is 1.14 bits per heavy atom. The lowest BCUT2D eigenvalue weighted by molar-refractivity contribution is -0.0648. The van der Waals surface area contributed by atoms with E-state index in [1.807, 2.05) is 0 Å². The second kappa shape index (κ2) is 4.08. The number of alkyl halides is 6. The molecule has 2 N–H and O–H groups in total. The van der Waals surface area contributed by atoms with Crippen molar-refractivity contribution in [2.75, 3.05) is 0 Å². The van der Waals surface area contributed by atoms with Crippen LogP contribution in [-0.2, 0) is 0 Å². The fourth-order valence-electron chi connectivity index (χ4n) is 4.39. The van der Waals surface area contributed by atoms with Gasteiger partial charge >= 0.3 is 12.4 Å². The highest BCUT2D eigenvalue weighted by Crippen LogP contribution is 2.51. The lowest BCUT2D eigenvalue weighted by atomic mass is 9.90. The van der Waals surface area contributed by atoms with Gasteiger partial charge in [0.1, 0.15) is 0 Å². The van der Waals surface area contributed by atoms with E-state index < -0.39 is 48.2 Å². The summed E-state index contributed by atoms with van der Waals surface area (Å²) in [4.78, 5) is 7.41. The van der Waals surface area contributed by atoms with Crippen LogP contribution >= 0.6 is 0 Å². The van der Waals surface area contributed by atoms with Gasteiger partial charge in [0.2, 0.25) is 11.7 Å². The Hall–Kier alpha value is -1.48. The van der Waals surface area contributed by atoms with E-state index in [2.05, 4.69) is 20.6 Å². The summed E-state index contributed by atoms with van der Waals surface area (Å²) in [6, 6.07) is -2.23. The van der Waals surface area contributed by atoms with Crippen molar-refractivity contribution in [1.29, 1.82) is 0 Å². The van der Waals surface area contributed by atoms with Gasteiger partial charge in [0, 0.05) is 23.9 Å². The zero-order chi connectivity index (χ0) is 15.9. The van der Waals surface area contributed by atoms with E-state index >= 15 is 0 Å². The summed E-state index contributed by atoms with van der Waals surface area (Å²) in [6.45, 7) is 0. The monoisotopic (exact) mass is 326 g/mol. The number of hydrogen-bond donors (Lipinski definition) is 2. The molecule has 0 spiro atoms. The van der Waals surface area contributed by atoms with E-state index in [1.54, 1.807) is 0 Å². The fraction of sp³-hybridized carbons (Fsp3) is 0.833. The Morgan fingerprint density at radius 1 is 0.727 bits per heavy atom. The third kappa shape index (κ3) is 1.91. The third-order valence-electron chi connectivity index (χ3n) is 5.02. The van der Waals surface area contributed by atoms with Gasteiger partial charge in [-0.2, -0.15) is 26.3 Å². The van der Waals surface area contributed by atoms with E-state index in [1.165, 1.54) is 0 Å². The predicted octanol–water partition coefficient (Wildman–Crippen LogP) is 1.63. The summed E-state index contributed by atoms with van der Waals surface area (Å²) in [7, 11) is 0. The van der Waals surface area contributed by atoms with Gasteiger partial charge in [-0.05, 0) is 12.8 Å². The Bertz CT molecular complexity index is 517. The second-order valence-electron chi connectivity index (χ2n) is 6.21. The average molecular weight is 326 g/mol. The van der Waals surface area contributed by atoms with Crippen molar-refractivity contribution < 1.29 is 26.3 Å². The van der Waals surface area contributed by atoms with E-state index in [9.17, 15) is 26.3 Å².